The third kappa shape index (κ3) is 2.48. The Kier molecular flexibility index (Phi) is 3.97. The van der Waals surface area contributed by atoms with Gasteiger partial charge < -0.3 is 4.74 Å². The average molecular weight is 323 g/mol. The zero-order valence-corrected chi connectivity index (χ0v) is 12.6. The summed E-state index contributed by atoms with van der Waals surface area (Å²) >= 11 is 0. The van der Waals surface area contributed by atoms with Gasteiger partial charge in [-0.1, -0.05) is 18.2 Å². The van der Waals surface area contributed by atoms with Crippen LogP contribution >= 0.6 is 0 Å². The van der Waals surface area contributed by atoms with Gasteiger partial charge in [-0.15, -0.1) is 0 Å². The van der Waals surface area contributed by atoms with E-state index in [-0.39, 0.29) is 22.3 Å². The molecule has 0 saturated heterocycles. The summed E-state index contributed by atoms with van der Waals surface area (Å²) in [7, 11) is 1.25. The van der Waals surface area contributed by atoms with Crippen LogP contribution < -0.4 is 0 Å². The molecular weight excluding hydrogens is 312 g/mol. The molecule has 0 radical (unpaired) electrons. The van der Waals surface area contributed by atoms with Gasteiger partial charge in [-0.3, -0.25) is 0 Å². The lowest BCUT2D eigenvalue weighted by molar-refractivity contribution is 0.0601. The molecule has 0 spiro atoms. The lowest BCUT2D eigenvalue weighted by atomic mass is 9.92. The highest BCUT2D eigenvalue weighted by Gasteiger charge is 2.19. The molecule has 3 rings (SSSR count). The maximum Gasteiger partial charge on any atom is 0.337 e. The highest BCUT2D eigenvalue weighted by molar-refractivity contribution is 6.03. The molecule has 3 aromatic rings. The molecule has 0 saturated carbocycles. The fourth-order valence-corrected chi connectivity index (χ4v) is 2.66. The van der Waals surface area contributed by atoms with E-state index in [1.165, 1.54) is 25.3 Å². The van der Waals surface area contributed by atoms with Crippen molar-refractivity contribution >= 4 is 16.7 Å². The Bertz CT molecular complexity index is 986. The number of methoxy groups -OCH3 is 1. The summed E-state index contributed by atoms with van der Waals surface area (Å²) in [5, 5.41) is 10.4. The summed E-state index contributed by atoms with van der Waals surface area (Å²) in [5.41, 5.74) is 0.185. The number of nitrogens with zero attached hydrogens (tertiary/aromatic N) is 1. The number of esters is 1. The second-order valence-electron chi connectivity index (χ2n) is 5.12. The summed E-state index contributed by atoms with van der Waals surface area (Å²) in [5.74, 6) is -2.12. The molecule has 3 aromatic carbocycles. The maximum absolute atomic E-state index is 14.3. The summed E-state index contributed by atoms with van der Waals surface area (Å²) in [6, 6.07) is 13.3. The molecule has 0 aliphatic rings. The topological polar surface area (TPSA) is 50.1 Å². The second kappa shape index (κ2) is 6.09. The lowest BCUT2D eigenvalue weighted by Gasteiger charge is -2.12. The summed E-state index contributed by atoms with van der Waals surface area (Å²) in [6.45, 7) is 0. The number of ether oxygens (including phenoxy) is 1. The summed E-state index contributed by atoms with van der Waals surface area (Å²) < 4.78 is 33.2. The molecule has 0 N–H and O–H groups in total. The van der Waals surface area contributed by atoms with Crippen molar-refractivity contribution in [2.75, 3.05) is 7.11 Å². The number of hydrogen-bond acceptors (Lipinski definition) is 3. The van der Waals surface area contributed by atoms with Crippen molar-refractivity contribution in [3.63, 3.8) is 0 Å². The van der Waals surface area contributed by atoms with Crippen molar-refractivity contribution in [2.45, 2.75) is 0 Å². The summed E-state index contributed by atoms with van der Waals surface area (Å²) in [6.07, 6.45) is 0. The highest BCUT2D eigenvalue weighted by Crippen LogP contribution is 2.35. The predicted octanol–water partition coefficient (Wildman–Crippen LogP) is 4.44. The van der Waals surface area contributed by atoms with E-state index in [0.29, 0.717) is 10.8 Å². The van der Waals surface area contributed by atoms with Gasteiger partial charge in [-0.2, -0.15) is 5.26 Å². The fraction of sp³-hybridized carbons (Fsp3) is 0.0526. The van der Waals surface area contributed by atoms with Crippen LogP contribution in [0.25, 0.3) is 21.9 Å². The van der Waals surface area contributed by atoms with E-state index < -0.39 is 17.6 Å². The van der Waals surface area contributed by atoms with E-state index in [9.17, 15) is 18.8 Å². The van der Waals surface area contributed by atoms with Gasteiger partial charge in [0.25, 0.3) is 0 Å². The predicted molar refractivity (Wildman–Crippen MR) is 85.4 cm³/mol. The second-order valence-corrected chi connectivity index (χ2v) is 5.12. The monoisotopic (exact) mass is 323 g/mol. The quantitative estimate of drug-likeness (QED) is 0.655. The Morgan fingerprint density at radius 1 is 1.04 bits per heavy atom. The lowest BCUT2D eigenvalue weighted by Crippen LogP contribution is -2.01. The van der Waals surface area contributed by atoms with Gasteiger partial charge in [0.1, 0.15) is 11.6 Å². The van der Waals surface area contributed by atoms with E-state index in [0.717, 1.165) is 12.1 Å². The van der Waals surface area contributed by atoms with Crippen LogP contribution in [0.4, 0.5) is 8.78 Å². The van der Waals surface area contributed by atoms with Crippen LogP contribution in [0.15, 0.2) is 48.5 Å². The molecule has 3 nitrogen and oxygen atoms in total. The molecule has 0 heterocycles. The number of hydrogen-bond donors (Lipinski definition) is 0. The van der Waals surface area contributed by atoms with E-state index in [4.69, 9.17) is 0 Å². The number of carbonyl (C=O) groups is 1. The number of fused-ring (bicyclic) bond motifs is 1. The van der Waals surface area contributed by atoms with Gasteiger partial charge in [0.15, 0.2) is 0 Å². The molecule has 0 aliphatic carbocycles. The number of rotatable bonds is 2. The largest absolute Gasteiger partial charge is 0.465 e. The first-order valence-electron chi connectivity index (χ1n) is 7.06. The Balaban J connectivity index is 2.44. The average Bonchev–Trinajstić information content (AvgIpc) is 2.60. The van der Waals surface area contributed by atoms with E-state index >= 15 is 0 Å². The van der Waals surface area contributed by atoms with Crippen molar-refractivity contribution < 1.29 is 18.3 Å². The minimum absolute atomic E-state index is 0.119. The Hall–Kier alpha value is -3.26. The standard InChI is InChI=1S/C19H11F2NO2/c1-24-19(23)12-7-5-11-6-8-13(10-22)17(14(11)9-12)18-15(20)3-2-4-16(18)21/h2-9H,1H3. The van der Waals surface area contributed by atoms with Gasteiger partial charge in [0, 0.05) is 5.56 Å². The van der Waals surface area contributed by atoms with Crippen molar-refractivity contribution in [3.8, 4) is 17.2 Å². The van der Waals surface area contributed by atoms with Crippen molar-refractivity contribution in [1.82, 2.24) is 0 Å². The number of halogens is 2. The molecule has 118 valence electrons. The minimum Gasteiger partial charge on any atom is -0.465 e. The molecule has 0 fully saturated rings. The van der Waals surface area contributed by atoms with Crippen LogP contribution in [-0.4, -0.2) is 13.1 Å². The van der Waals surface area contributed by atoms with Crippen LogP contribution in [0.5, 0.6) is 0 Å². The molecule has 0 unspecified atom stereocenters. The molecular formula is C19H11F2NO2. The molecule has 5 heteroatoms. The third-order valence-corrected chi connectivity index (χ3v) is 3.78. The normalized spacial score (nSPS) is 10.4. The molecule has 0 amide bonds. The van der Waals surface area contributed by atoms with Crippen molar-refractivity contribution in [2.24, 2.45) is 0 Å². The molecule has 0 atom stereocenters. The molecule has 0 bridgehead atoms. The molecule has 24 heavy (non-hydrogen) atoms. The van der Waals surface area contributed by atoms with Crippen LogP contribution in [0.1, 0.15) is 15.9 Å². The number of nitriles is 1. The van der Waals surface area contributed by atoms with Gasteiger partial charge in [-0.05, 0) is 41.1 Å². The first-order valence-corrected chi connectivity index (χ1v) is 7.06. The summed E-state index contributed by atoms with van der Waals surface area (Å²) in [4.78, 5) is 11.8. The first-order chi connectivity index (χ1) is 11.6. The highest BCUT2D eigenvalue weighted by atomic mass is 19.1. The van der Waals surface area contributed by atoms with E-state index in [1.54, 1.807) is 18.2 Å². The van der Waals surface area contributed by atoms with Crippen LogP contribution in [0.3, 0.4) is 0 Å². The van der Waals surface area contributed by atoms with Crippen LogP contribution in [-0.2, 0) is 4.74 Å². The van der Waals surface area contributed by atoms with E-state index in [2.05, 4.69) is 4.74 Å². The Morgan fingerprint density at radius 2 is 1.71 bits per heavy atom. The zero-order valence-electron chi connectivity index (χ0n) is 12.6. The van der Waals surface area contributed by atoms with Gasteiger partial charge in [-0.25, -0.2) is 13.6 Å². The van der Waals surface area contributed by atoms with Gasteiger partial charge in [0.2, 0.25) is 0 Å². The smallest absolute Gasteiger partial charge is 0.337 e. The SMILES string of the molecule is COC(=O)c1ccc2ccc(C#N)c(-c3c(F)cccc3F)c2c1. The van der Waals surface area contributed by atoms with E-state index in [1.807, 2.05) is 6.07 Å². The number of carbonyl (C=O) groups excluding carboxylic acids is 1. The van der Waals surface area contributed by atoms with Gasteiger partial charge >= 0.3 is 5.97 Å². The zero-order chi connectivity index (χ0) is 17.3. The van der Waals surface area contributed by atoms with Gasteiger partial charge in [0.05, 0.1) is 29.9 Å². The maximum atomic E-state index is 14.3. The molecule has 0 aliphatic heterocycles. The van der Waals surface area contributed by atoms with Crippen molar-refractivity contribution in [1.29, 1.82) is 5.26 Å². The minimum atomic E-state index is -0.775. The Morgan fingerprint density at radius 3 is 2.33 bits per heavy atom. The number of benzene rings is 3. The van der Waals surface area contributed by atoms with Crippen molar-refractivity contribution in [3.05, 3.63) is 71.3 Å². The molecule has 0 aromatic heterocycles. The first kappa shape index (κ1) is 15.6. The van der Waals surface area contributed by atoms with Crippen LogP contribution in [0, 0.1) is 23.0 Å². The Labute approximate surface area is 136 Å². The fourth-order valence-electron chi connectivity index (χ4n) is 2.66. The third-order valence-electron chi connectivity index (χ3n) is 3.78. The van der Waals surface area contributed by atoms with Crippen LogP contribution in [0.2, 0.25) is 0 Å².